The minimum Gasteiger partial charge on any atom is -0.351 e. The van der Waals surface area contributed by atoms with Crippen molar-refractivity contribution in [1.82, 2.24) is 9.73 Å². The predicted molar refractivity (Wildman–Crippen MR) is 98.2 cm³/mol. The molecule has 134 valence electrons. The van der Waals surface area contributed by atoms with E-state index in [1.807, 2.05) is 31.2 Å². The van der Waals surface area contributed by atoms with Gasteiger partial charge in [0.05, 0.1) is 5.71 Å². The normalized spacial score (nSPS) is 16.6. The number of hydrogen-bond acceptors (Lipinski definition) is 5. The summed E-state index contributed by atoms with van der Waals surface area (Å²) >= 11 is 3.94. The first kappa shape index (κ1) is 18.8. The summed E-state index contributed by atoms with van der Waals surface area (Å²) in [7, 11) is 0. The molecule has 0 saturated heterocycles. The largest absolute Gasteiger partial charge is 0.351 e. The lowest BCUT2D eigenvalue weighted by molar-refractivity contribution is -0.121. The molecule has 1 heterocycles. The molecule has 0 saturated carbocycles. The van der Waals surface area contributed by atoms with Crippen LogP contribution in [-0.4, -0.2) is 41.5 Å². The molecule has 0 spiro atoms. The molecule has 0 radical (unpaired) electrons. The number of nitrogens with one attached hydrogen (secondary N) is 1. The van der Waals surface area contributed by atoms with E-state index in [4.69, 9.17) is 5.73 Å². The molecule has 1 aliphatic rings. The summed E-state index contributed by atoms with van der Waals surface area (Å²) in [4.78, 5) is 35.1. The third-order valence-electron chi connectivity index (χ3n) is 3.90. The van der Waals surface area contributed by atoms with Gasteiger partial charge in [-0.2, -0.15) is 5.10 Å². The zero-order chi connectivity index (χ0) is 18.4. The van der Waals surface area contributed by atoms with E-state index in [1.165, 1.54) is 0 Å². The zero-order valence-electron chi connectivity index (χ0n) is 13.9. The van der Waals surface area contributed by atoms with Crippen LogP contribution in [0.15, 0.2) is 29.4 Å². The molecule has 4 amide bonds. The molecular formula is C16H21N5O3S. The van der Waals surface area contributed by atoms with Gasteiger partial charge in [0.1, 0.15) is 0 Å². The minimum atomic E-state index is -0.625. The third-order valence-corrected chi connectivity index (χ3v) is 4.30. The average molecular weight is 363 g/mol. The standard InChI is InChI=1S/C16H21N5O3S/c1-11-9-14(23)18-19-15(11)12-3-5-13(6-4-12)20(10-22)7-2-8-21(25)16(17)24/h3-6,10-11,25H,2,7-9H2,1H3,(H2,17,24)(H,18,23). The van der Waals surface area contributed by atoms with E-state index in [9.17, 15) is 14.4 Å². The SMILES string of the molecule is CC1CC(=O)NN=C1c1ccc(N(C=O)CCCN(S)C(N)=O)cc1. The minimum absolute atomic E-state index is 0.0388. The number of primary amides is 1. The number of nitrogens with two attached hydrogens (primary N) is 1. The van der Waals surface area contributed by atoms with Crippen LogP contribution in [0.1, 0.15) is 25.3 Å². The highest BCUT2D eigenvalue weighted by Crippen LogP contribution is 2.20. The summed E-state index contributed by atoms with van der Waals surface area (Å²) < 4.78 is 1.10. The molecule has 1 unspecified atom stereocenters. The number of amides is 4. The van der Waals surface area contributed by atoms with Gasteiger partial charge >= 0.3 is 6.03 Å². The quantitative estimate of drug-likeness (QED) is 0.499. The first-order valence-electron chi connectivity index (χ1n) is 7.87. The first-order chi connectivity index (χ1) is 11.9. The Morgan fingerprint density at radius 1 is 1.40 bits per heavy atom. The maximum atomic E-state index is 11.3. The molecule has 0 aromatic heterocycles. The number of benzene rings is 1. The van der Waals surface area contributed by atoms with E-state index < -0.39 is 6.03 Å². The van der Waals surface area contributed by atoms with Gasteiger partial charge in [0, 0.05) is 31.1 Å². The van der Waals surface area contributed by atoms with E-state index in [1.54, 1.807) is 4.90 Å². The molecule has 3 N–H and O–H groups in total. The molecule has 1 aliphatic heterocycles. The molecule has 25 heavy (non-hydrogen) atoms. The summed E-state index contributed by atoms with van der Waals surface area (Å²) in [5.74, 6) is -0.0499. The number of carbonyl (C=O) groups excluding carboxylic acids is 3. The van der Waals surface area contributed by atoms with Gasteiger partial charge < -0.3 is 10.6 Å². The van der Waals surface area contributed by atoms with Gasteiger partial charge in [0.25, 0.3) is 0 Å². The summed E-state index contributed by atoms with van der Waals surface area (Å²) in [6, 6.07) is 6.75. The Balaban J connectivity index is 2.01. The highest BCUT2D eigenvalue weighted by Gasteiger charge is 2.21. The molecule has 1 aromatic rings. The van der Waals surface area contributed by atoms with Crippen molar-refractivity contribution in [3.8, 4) is 0 Å². The van der Waals surface area contributed by atoms with Crippen molar-refractivity contribution in [3.05, 3.63) is 29.8 Å². The number of hydrogen-bond donors (Lipinski definition) is 3. The van der Waals surface area contributed by atoms with Gasteiger partial charge in [0.2, 0.25) is 12.3 Å². The van der Waals surface area contributed by atoms with Crippen LogP contribution in [0.2, 0.25) is 0 Å². The monoisotopic (exact) mass is 363 g/mol. The van der Waals surface area contributed by atoms with E-state index in [0.29, 0.717) is 25.9 Å². The van der Waals surface area contributed by atoms with E-state index in [0.717, 1.165) is 27.7 Å². The Kier molecular flexibility index (Phi) is 6.40. The fourth-order valence-electron chi connectivity index (χ4n) is 2.57. The average Bonchev–Trinajstić information content (AvgIpc) is 2.59. The number of urea groups is 1. The number of nitrogens with zero attached hydrogens (tertiary/aromatic N) is 3. The van der Waals surface area contributed by atoms with Crippen molar-refractivity contribution in [2.45, 2.75) is 19.8 Å². The molecule has 0 fully saturated rings. The summed E-state index contributed by atoms with van der Waals surface area (Å²) in [6.45, 7) is 2.72. The smallest absolute Gasteiger partial charge is 0.324 e. The molecule has 2 rings (SSSR count). The van der Waals surface area contributed by atoms with Crippen LogP contribution in [0.5, 0.6) is 0 Å². The Bertz CT molecular complexity index is 677. The molecule has 1 atom stereocenters. The van der Waals surface area contributed by atoms with Gasteiger partial charge in [-0.05, 0) is 24.1 Å². The van der Waals surface area contributed by atoms with Crippen molar-refractivity contribution in [2.75, 3.05) is 18.0 Å². The van der Waals surface area contributed by atoms with Crippen LogP contribution in [0.4, 0.5) is 10.5 Å². The van der Waals surface area contributed by atoms with E-state index in [2.05, 4.69) is 23.3 Å². The Morgan fingerprint density at radius 2 is 2.08 bits per heavy atom. The molecule has 1 aromatic carbocycles. The number of anilines is 1. The fourth-order valence-corrected chi connectivity index (χ4v) is 2.71. The second-order valence-corrected chi connectivity index (χ2v) is 6.28. The van der Waals surface area contributed by atoms with Crippen molar-refractivity contribution in [1.29, 1.82) is 0 Å². The van der Waals surface area contributed by atoms with Crippen molar-refractivity contribution < 1.29 is 14.4 Å². The maximum Gasteiger partial charge on any atom is 0.324 e. The van der Waals surface area contributed by atoms with Gasteiger partial charge in [0.15, 0.2) is 0 Å². The predicted octanol–water partition coefficient (Wildman–Crippen LogP) is 1.13. The van der Waals surface area contributed by atoms with E-state index in [-0.39, 0.29) is 11.8 Å². The van der Waals surface area contributed by atoms with Gasteiger partial charge in [-0.25, -0.2) is 10.2 Å². The molecule has 9 heteroatoms. The molecular weight excluding hydrogens is 342 g/mol. The zero-order valence-corrected chi connectivity index (χ0v) is 14.8. The molecule has 0 bridgehead atoms. The summed E-state index contributed by atoms with van der Waals surface area (Å²) in [5.41, 5.74) is 10.0. The molecule has 8 nitrogen and oxygen atoms in total. The van der Waals surface area contributed by atoms with Crippen molar-refractivity contribution in [3.63, 3.8) is 0 Å². The van der Waals surface area contributed by atoms with Crippen molar-refractivity contribution >= 4 is 42.6 Å². The number of thiol groups is 1. The van der Waals surface area contributed by atoms with Crippen molar-refractivity contribution in [2.24, 2.45) is 16.8 Å². The summed E-state index contributed by atoms with van der Waals surface area (Å²) in [6.07, 6.45) is 1.69. The Hall–Kier alpha value is -2.55. The van der Waals surface area contributed by atoms with Crippen LogP contribution >= 0.6 is 12.8 Å². The summed E-state index contributed by atoms with van der Waals surface area (Å²) in [5, 5.41) is 4.12. The topological polar surface area (TPSA) is 108 Å². The number of hydrazone groups is 1. The highest BCUT2D eigenvalue weighted by molar-refractivity contribution is 7.78. The Labute approximate surface area is 151 Å². The second kappa shape index (κ2) is 8.52. The van der Waals surface area contributed by atoms with Crippen LogP contribution in [-0.2, 0) is 9.59 Å². The molecule has 0 aliphatic carbocycles. The highest BCUT2D eigenvalue weighted by atomic mass is 32.1. The first-order valence-corrected chi connectivity index (χ1v) is 8.27. The van der Waals surface area contributed by atoms with Crippen LogP contribution < -0.4 is 16.1 Å². The number of carbonyl (C=O) groups is 3. The van der Waals surface area contributed by atoms with E-state index >= 15 is 0 Å². The lowest BCUT2D eigenvalue weighted by atomic mass is 9.94. The number of rotatable bonds is 7. The lowest BCUT2D eigenvalue weighted by Crippen LogP contribution is -2.32. The Morgan fingerprint density at radius 3 is 2.64 bits per heavy atom. The third kappa shape index (κ3) is 4.96. The fraction of sp³-hybridized carbons (Fsp3) is 0.375. The second-order valence-electron chi connectivity index (χ2n) is 5.80. The maximum absolute atomic E-state index is 11.3. The van der Waals surface area contributed by atoms with Crippen LogP contribution in [0.3, 0.4) is 0 Å². The van der Waals surface area contributed by atoms with Gasteiger partial charge in [-0.15, -0.1) is 0 Å². The van der Waals surface area contributed by atoms with Gasteiger partial charge in [-0.3, -0.25) is 13.9 Å². The van der Waals surface area contributed by atoms with Crippen LogP contribution in [0, 0.1) is 5.92 Å². The lowest BCUT2D eigenvalue weighted by Gasteiger charge is -2.21. The van der Waals surface area contributed by atoms with Crippen LogP contribution in [0.25, 0.3) is 0 Å². The van der Waals surface area contributed by atoms with Gasteiger partial charge in [-0.1, -0.05) is 31.9 Å².